The first-order valence-electron chi connectivity index (χ1n) is 19.5. The summed E-state index contributed by atoms with van der Waals surface area (Å²) in [5.41, 5.74) is -12.6. The molecule has 4 fully saturated rings. The summed E-state index contributed by atoms with van der Waals surface area (Å²) < 4.78 is 136. The lowest BCUT2D eigenvalue weighted by atomic mass is 9.66. The molecule has 11 atom stereocenters. The van der Waals surface area contributed by atoms with Gasteiger partial charge in [-0.2, -0.15) is 39.5 Å². The van der Waals surface area contributed by atoms with Gasteiger partial charge in [-0.1, -0.05) is 20.8 Å². The predicted molar refractivity (Wildman–Crippen MR) is 188 cm³/mol. The minimum atomic E-state index is -6.32. The van der Waals surface area contributed by atoms with E-state index in [-0.39, 0.29) is 44.4 Å². The second-order valence-corrected chi connectivity index (χ2v) is 17.4. The van der Waals surface area contributed by atoms with Crippen molar-refractivity contribution in [1.29, 1.82) is 0 Å². The summed E-state index contributed by atoms with van der Waals surface area (Å²) in [6.07, 6.45) is -20.4. The van der Waals surface area contributed by atoms with Gasteiger partial charge in [-0.15, -0.1) is 0 Å². The number of aliphatic carboxylic acids is 1. The van der Waals surface area contributed by atoms with Gasteiger partial charge in [0.2, 0.25) is 0 Å². The minimum Gasteiger partial charge on any atom is -0.481 e. The quantitative estimate of drug-likeness (QED) is 0.0981. The maximum Gasteiger partial charge on any atom is 0.426 e. The van der Waals surface area contributed by atoms with Crippen LogP contribution >= 0.6 is 0 Å². The highest BCUT2D eigenvalue weighted by molar-refractivity contribution is 5.80. The van der Waals surface area contributed by atoms with Gasteiger partial charge in [-0.3, -0.25) is 19.2 Å². The van der Waals surface area contributed by atoms with E-state index >= 15 is 0 Å². The predicted octanol–water partition coefficient (Wildman–Crippen LogP) is 5.61. The van der Waals surface area contributed by atoms with Crippen molar-refractivity contribution in [3.63, 3.8) is 0 Å². The fourth-order valence-corrected chi connectivity index (χ4v) is 7.68. The summed E-state index contributed by atoms with van der Waals surface area (Å²) in [5, 5.41) is 55.4. The van der Waals surface area contributed by atoms with Gasteiger partial charge in [0.15, 0.2) is 5.60 Å². The molecule has 6 N–H and O–H groups in total. The maximum atomic E-state index is 13.3. The van der Waals surface area contributed by atoms with Crippen molar-refractivity contribution in [3.8, 4) is 0 Å². The maximum absolute atomic E-state index is 13.3. The molecule has 11 unspecified atom stereocenters. The van der Waals surface area contributed by atoms with Gasteiger partial charge < -0.3 is 44.8 Å². The van der Waals surface area contributed by atoms with E-state index in [0.717, 1.165) is 12.8 Å². The number of esters is 3. The molecule has 1 aliphatic heterocycles. The third kappa shape index (κ3) is 10.3. The van der Waals surface area contributed by atoms with Crippen molar-refractivity contribution in [3.05, 3.63) is 0 Å². The summed E-state index contributed by atoms with van der Waals surface area (Å²) in [4.78, 5) is 46.7. The molecule has 0 amide bonds. The Morgan fingerprint density at radius 1 is 0.683 bits per heavy atom. The Morgan fingerprint density at radius 2 is 1.13 bits per heavy atom. The number of hydrogen-bond donors (Lipinski definition) is 6. The SMILES string of the molecule is CCC(C)(CO)C(=O)O.CCC(C)(CO)C(=O)OC12CC3CC(C(=O)O1)C2C3.CCC(C)(CO)C(=O)OC1CC(C(C)(O)C(F)(F)F)CC(C(O)(C(F)(F)F)C(F)(F)F)C1. The van der Waals surface area contributed by atoms with Gasteiger partial charge in [0.25, 0.3) is 11.4 Å². The summed E-state index contributed by atoms with van der Waals surface area (Å²) in [7, 11) is 0. The van der Waals surface area contributed by atoms with Crippen molar-refractivity contribution >= 4 is 23.9 Å². The molecular formula is C38H57F9O13. The second-order valence-electron chi connectivity index (χ2n) is 17.4. The third-order valence-electron chi connectivity index (χ3n) is 13.3. The van der Waals surface area contributed by atoms with Crippen LogP contribution in [0.25, 0.3) is 0 Å². The van der Waals surface area contributed by atoms with Crippen LogP contribution in [-0.4, -0.2) is 116 Å². The number of hydrogen-bond acceptors (Lipinski definition) is 12. The smallest absolute Gasteiger partial charge is 0.426 e. The number of halogens is 9. The molecule has 0 radical (unpaired) electrons. The Bertz CT molecular complexity index is 1500. The Morgan fingerprint density at radius 3 is 1.50 bits per heavy atom. The number of aliphatic hydroxyl groups excluding tert-OH is 3. The van der Waals surface area contributed by atoms with Crippen LogP contribution in [0.2, 0.25) is 0 Å². The summed E-state index contributed by atoms with van der Waals surface area (Å²) in [6.45, 7) is 8.20. The standard InChI is InChI=1S/C18H25F9O5.C14H20O5.C6H12O3/c1-4-13(2,8-28)12(29)32-11-6-9(14(3,30)16(19,20)21)5-10(7-11)15(31,17(22,23)24)18(25,26)27;1-3-13(2,7-15)12(17)19-14-6-8-4-9(10(14)5-8)11(16)18-14;1-3-6(2,4-7)5(8)9/h9-11,28,30-31H,4-8H2,1-3H3;8-10,15H,3-7H2,1-2H3;7H,3-4H2,1-2H3,(H,8,9). The van der Waals surface area contributed by atoms with Gasteiger partial charge in [0, 0.05) is 18.3 Å². The van der Waals surface area contributed by atoms with Crippen LogP contribution in [0, 0.1) is 45.8 Å². The van der Waals surface area contributed by atoms with E-state index in [0.29, 0.717) is 25.2 Å². The minimum absolute atomic E-state index is 0.0220. The number of ether oxygens (including phenoxy) is 3. The first-order valence-corrected chi connectivity index (χ1v) is 19.5. The zero-order valence-electron chi connectivity index (χ0n) is 34.4. The highest BCUT2D eigenvalue weighted by Crippen LogP contribution is 2.61. The van der Waals surface area contributed by atoms with E-state index in [1.807, 2.05) is 6.92 Å². The first-order chi connectivity index (χ1) is 27.1. The Balaban J connectivity index is 0.000000368. The molecule has 3 aliphatic carbocycles. The Labute approximate surface area is 340 Å². The molecule has 13 nitrogen and oxygen atoms in total. The molecule has 1 saturated heterocycles. The van der Waals surface area contributed by atoms with Crippen LogP contribution in [-0.2, 0) is 33.4 Å². The fraction of sp³-hybridized carbons (Fsp3) is 0.895. The molecule has 3 saturated carbocycles. The molecule has 1 heterocycles. The number of rotatable bonds is 13. The number of fused-ring (bicyclic) bond motifs is 1. The molecule has 4 aliphatic rings. The van der Waals surface area contributed by atoms with E-state index in [9.17, 15) is 79.1 Å². The van der Waals surface area contributed by atoms with Crippen LogP contribution in [0.15, 0.2) is 0 Å². The average molecular weight is 893 g/mol. The average Bonchev–Trinajstić information content (AvgIpc) is 3.77. The van der Waals surface area contributed by atoms with Gasteiger partial charge >= 0.3 is 42.4 Å². The number of carbonyl (C=O) groups excluding carboxylic acids is 3. The number of carbonyl (C=O) groups is 4. The normalized spacial score (nSPS) is 30.4. The van der Waals surface area contributed by atoms with Crippen LogP contribution in [0.5, 0.6) is 0 Å². The molecule has 4 rings (SSSR count). The molecule has 60 heavy (non-hydrogen) atoms. The molecule has 350 valence electrons. The lowest BCUT2D eigenvalue weighted by Gasteiger charge is -2.47. The van der Waals surface area contributed by atoms with E-state index in [1.165, 1.54) is 20.8 Å². The number of carboxylic acid groups (broad SMARTS) is 1. The summed E-state index contributed by atoms with van der Waals surface area (Å²) in [6, 6.07) is 0. The second kappa shape index (κ2) is 18.4. The van der Waals surface area contributed by atoms with Gasteiger partial charge in [0.05, 0.1) is 47.9 Å². The molecule has 0 spiro atoms. The van der Waals surface area contributed by atoms with Crippen LogP contribution in [0.3, 0.4) is 0 Å². The van der Waals surface area contributed by atoms with E-state index < -0.39 is 113 Å². The zero-order chi connectivity index (χ0) is 46.9. The number of carboxylic acids is 1. The summed E-state index contributed by atoms with van der Waals surface area (Å²) >= 11 is 0. The topological polar surface area (TPSA) is 217 Å². The Kier molecular flexibility index (Phi) is 16.3. The van der Waals surface area contributed by atoms with Crippen molar-refractivity contribution in [2.24, 2.45) is 45.8 Å². The largest absolute Gasteiger partial charge is 0.481 e. The van der Waals surface area contributed by atoms with E-state index in [4.69, 9.17) is 24.4 Å². The van der Waals surface area contributed by atoms with Crippen LogP contribution < -0.4 is 0 Å². The third-order valence-corrected chi connectivity index (χ3v) is 13.3. The molecule has 0 aromatic carbocycles. The van der Waals surface area contributed by atoms with Crippen LogP contribution in [0.1, 0.15) is 106 Å². The summed E-state index contributed by atoms with van der Waals surface area (Å²) in [5.74, 6) is -8.72. The van der Waals surface area contributed by atoms with Crippen molar-refractivity contribution < 1.29 is 104 Å². The van der Waals surface area contributed by atoms with Gasteiger partial charge in [0.1, 0.15) is 6.10 Å². The lowest BCUT2D eigenvalue weighted by molar-refractivity contribution is -0.391. The van der Waals surface area contributed by atoms with E-state index in [2.05, 4.69) is 0 Å². The van der Waals surface area contributed by atoms with Crippen LogP contribution in [0.4, 0.5) is 39.5 Å². The zero-order valence-corrected chi connectivity index (χ0v) is 34.4. The molecular weight excluding hydrogens is 835 g/mol. The Hall–Kier alpha value is -2.95. The fourth-order valence-electron chi connectivity index (χ4n) is 7.68. The monoisotopic (exact) mass is 892 g/mol. The molecule has 2 bridgehead atoms. The highest BCUT2D eigenvalue weighted by Gasteiger charge is 2.75. The highest BCUT2D eigenvalue weighted by atomic mass is 19.4. The van der Waals surface area contributed by atoms with Crippen molar-refractivity contribution in [2.45, 2.75) is 148 Å². The van der Waals surface area contributed by atoms with Crippen molar-refractivity contribution in [1.82, 2.24) is 0 Å². The van der Waals surface area contributed by atoms with Gasteiger partial charge in [-0.25, -0.2) is 0 Å². The van der Waals surface area contributed by atoms with Gasteiger partial charge in [-0.05, 0) is 85.0 Å². The van der Waals surface area contributed by atoms with E-state index in [1.54, 1.807) is 13.8 Å². The van der Waals surface area contributed by atoms with Crippen molar-refractivity contribution in [2.75, 3.05) is 19.8 Å². The lowest BCUT2D eigenvalue weighted by Crippen LogP contribution is -2.64. The molecule has 22 heteroatoms. The molecule has 0 aromatic heterocycles. The number of alkyl halides is 9. The number of aliphatic hydroxyl groups is 5. The molecule has 0 aromatic rings. The first kappa shape index (κ1) is 53.2.